The highest BCUT2D eigenvalue weighted by molar-refractivity contribution is 7.99. The number of para-hydroxylation sites is 1. The van der Waals surface area contributed by atoms with Crippen LogP contribution in [0, 0.1) is 0 Å². The first-order chi connectivity index (χ1) is 12.6. The van der Waals surface area contributed by atoms with E-state index in [2.05, 4.69) is 26.1 Å². The molecule has 0 bridgehead atoms. The summed E-state index contributed by atoms with van der Waals surface area (Å²) in [5, 5.41) is 16.7. The van der Waals surface area contributed by atoms with Crippen molar-refractivity contribution in [2.45, 2.75) is 5.16 Å². The summed E-state index contributed by atoms with van der Waals surface area (Å²) in [5.41, 5.74) is 3.85. The summed E-state index contributed by atoms with van der Waals surface area (Å²) < 4.78 is 1.56. The number of thioether (sulfide) groups is 1. The zero-order chi connectivity index (χ0) is 18.4. The first kappa shape index (κ1) is 18.4. The molecular weight excluding hydrogens is 395 g/mol. The molecule has 1 N–H and O–H groups in total. The fourth-order valence-corrected chi connectivity index (χ4v) is 3.00. The van der Waals surface area contributed by atoms with Gasteiger partial charge in [-0.3, -0.25) is 4.79 Å². The molecule has 1 aromatic heterocycles. The highest BCUT2D eigenvalue weighted by Crippen LogP contribution is 2.24. The van der Waals surface area contributed by atoms with Crippen molar-refractivity contribution in [3.05, 3.63) is 64.1 Å². The van der Waals surface area contributed by atoms with Crippen LogP contribution in [0.2, 0.25) is 10.0 Å². The lowest BCUT2D eigenvalue weighted by Gasteiger charge is -2.03. The molecule has 1 heterocycles. The molecule has 0 aliphatic heterocycles. The summed E-state index contributed by atoms with van der Waals surface area (Å²) in [5.74, 6) is -0.194. The van der Waals surface area contributed by atoms with Gasteiger partial charge in [-0.1, -0.05) is 65.3 Å². The third kappa shape index (κ3) is 4.60. The minimum absolute atomic E-state index is 0.105. The van der Waals surface area contributed by atoms with Crippen molar-refractivity contribution in [3.63, 3.8) is 0 Å². The maximum absolute atomic E-state index is 11.9. The molecule has 0 spiro atoms. The molecular formula is C16H12Cl2N6OS. The first-order valence-electron chi connectivity index (χ1n) is 7.37. The highest BCUT2D eigenvalue weighted by Gasteiger charge is 2.11. The maximum Gasteiger partial charge on any atom is 0.250 e. The Kier molecular flexibility index (Phi) is 6.21. The van der Waals surface area contributed by atoms with E-state index in [1.165, 1.54) is 18.0 Å². The van der Waals surface area contributed by atoms with Gasteiger partial charge >= 0.3 is 0 Å². The Labute approximate surface area is 163 Å². The topological polar surface area (TPSA) is 85.1 Å². The zero-order valence-electron chi connectivity index (χ0n) is 13.2. The van der Waals surface area contributed by atoms with Crippen LogP contribution in [0.25, 0.3) is 5.69 Å². The van der Waals surface area contributed by atoms with Crippen LogP contribution in [0.5, 0.6) is 0 Å². The fraction of sp³-hybridized carbons (Fsp3) is 0.0625. The monoisotopic (exact) mass is 406 g/mol. The zero-order valence-corrected chi connectivity index (χ0v) is 15.5. The van der Waals surface area contributed by atoms with Gasteiger partial charge in [0.05, 0.1) is 27.7 Å². The van der Waals surface area contributed by atoms with Crippen LogP contribution in [0.4, 0.5) is 0 Å². The van der Waals surface area contributed by atoms with Crippen LogP contribution < -0.4 is 5.43 Å². The van der Waals surface area contributed by atoms with Crippen molar-refractivity contribution in [2.75, 3.05) is 5.75 Å². The van der Waals surface area contributed by atoms with Gasteiger partial charge < -0.3 is 0 Å². The van der Waals surface area contributed by atoms with Gasteiger partial charge in [0, 0.05) is 5.56 Å². The van der Waals surface area contributed by atoms with Crippen molar-refractivity contribution < 1.29 is 4.79 Å². The van der Waals surface area contributed by atoms with E-state index >= 15 is 0 Å². The number of tetrazole rings is 1. The molecule has 0 aliphatic carbocycles. The van der Waals surface area contributed by atoms with Crippen LogP contribution in [-0.2, 0) is 4.79 Å². The molecule has 3 aromatic rings. The van der Waals surface area contributed by atoms with Gasteiger partial charge in [-0.25, -0.2) is 5.43 Å². The lowest BCUT2D eigenvalue weighted by Crippen LogP contribution is -2.20. The number of halogens is 2. The number of hydrogen-bond donors (Lipinski definition) is 1. The Balaban J connectivity index is 1.56. The predicted octanol–water partition coefficient (Wildman–Crippen LogP) is 3.21. The number of carbonyl (C=O) groups excluding carboxylic acids is 1. The number of carbonyl (C=O) groups is 1. The number of rotatable bonds is 6. The Morgan fingerprint density at radius 3 is 2.81 bits per heavy atom. The number of nitrogens with zero attached hydrogens (tertiary/aromatic N) is 5. The Hall–Kier alpha value is -2.42. The van der Waals surface area contributed by atoms with Gasteiger partial charge in [0.25, 0.3) is 5.91 Å². The second kappa shape index (κ2) is 8.79. The van der Waals surface area contributed by atoms with Crippen LogP contribution >= 0.6 is 35.0 Å². The minimum atomic E-state index is -0.299. The van der Waals surface area contributed by atoms with Gasteiger partial charge in [-0.05, 0) is 28.6 Å². The quantitative estimate of drug-likeness (QED) is 0.385. The second-order valence-corrected chi connectivity index (χ2v) is 6.66. The summed E-state index contributed by atoms with van der Waals surface area (Å²) in [7, 11) is 0. The molecule has 0 saturated heterocycles. The molecule has 0 radical (unpaired) electrons. The average Bonchev–Trinajstić information content (AvgIpc) is 3.13. The molecule has 0 saturated carbocycles. The number of benzene rings is 2. The summed E-state index contributed by atoms with van der Waals surface area (Å²) in [4.78, 5) is 11.9. The van der Waals surface area contributed by atoms with Crippen LogP contribution in [-0.4, -0.2) is 38.1 Å². The first-order valence-corrected chi connectivity index (χ1v) is 9.12. The van der Waals surface area contributed by atoms with Gasteiger partial charge in [0.15, 0.2) is 0 Å². The van der Waals surface area contributed by atoms with Gasteiger partial charge in [-0.15, -0.1) is 5.10 Å². The molecule has 132 valence electrons. The minimum Gasteiger partial charge on any atom is -0.272 e. The van der Waals surface area contributed by atoms with Gasteiger partial charge in [0.1, 0.15) is 0 Å². The Morgan fingerprint density at radius 1 is 1.19 bits per heavy atom. The van der Waals surface area contributed by atoms with Crippen molar-refractivity contribution in [1.29, 1.82) is 0 Å². The Bertz CT molecular complexity index is 931. The molecule has 0 atom stereocenters. The normalized spacial score (nSPS) is 11.0. The van der Waals surface area contributed by atoms with E-state index in [0.717, 1.165) is 5.69 Å². The number of hydrogen-bond acceptors (Lipinski definition) is 6. The summed E-state index contributed by atoms with van der Waals surface area (Å²) in [6, 6.07) is 14.6. The van der Waals surface area contributed by atoms with E-state index in [1.807, 2.05) is 30.3 Å². The number of amides is 1. The van der Waals surface area contributed by atoms with Gasteiger partial charge in [0.2, 0.25) is 5.16 Å². The SMILES string of the molecule is O=C(CSc1nnnn1-c1ccccc1)N/N=C/c1cccc(Cl)c1Cl. The molecule has 7 nitrogen and oxygen atoms in total. The van der Waals surface area contributed by atoms with E-state index in [0.29, 0.717) is 20.8 Å². The van der Waals surface area contributed by atoms with E-state index in [4.69, 9.17) is 23.2 Å². The Morgan fingerprint density at radius 2 is 2.00 bits per heavy atom. The lowest BCUT2D eigenvalue weighted by atomic mass is 10.2. The molecule has 3 rings (SSSR count). The second-order valence-electron chi connectivity index (χ2n) is 4.93. The highest BCUT2D eigenvalue weighted by atomic mass is 35.5. The van der Waals surface area contributed by atoms with E-state index in [9.17, 15) is 4.79 Å². The number of nitrogens with one attached hydrogen (secondary N) is 1. The molecule has 0 unspecified atom stereocenters. The lowest BCUT2D eigenvalue weighted by molar-refractivity contribution is -0.118. The molecule has 10 heteroatoms. The van der Waals surface area contributed by atoms with E-state index < -0.39 is 0 Å². The van der Waals surface area contributed by atoms with Crippen molar-refractivity contribution >= 4 is 47.1 Å². The van der Waals surface area contributed by atoms with Crippen LogP contribution in [0.3, 0.4) is 0 Å². The average molecular weight is 407 g/mol. The maximum atomic E-state index is 11.9. The van der Waals surface area contributed by atoms with Crippen molar-refractivity contribution in [2.24, 2.45) is 5.10 Å². The molecule has 1 amide bonds. The van der Waals surface area contributed by atoms with E-state index in [1.54, 1.807) is 22.9 Å². The van der Waals surface area contributed by atoms with Gasteiger partial charge in [-0.2, -0.15) is 9.78 Å². The number of aromatic nitrogens is 4. The van der Waals surface area contributed by atoms with Crippen LogP contribution in [0.1, 0.15) is 5.56 Å². The smallest absolute Gasteiger partial charge is 0.250 e. The summed E-state index contributed by atoms with van der Waals surface area (Å²) in [6.45, 7) is 0. The molecule has 0 aliphatic rings. The standard InChI is InChI=1S/C16H12Cl2N6OS/c17-13-8-4-5-11(15(13)18)9-19-20-14(25)10-26-16-21-22-23-24(16)12-6-2-1-3-7-12/h1-9H,10H2,(H,20,25)/b19-9+. The summed E-state index contributed by atoms with van der Waals surface area (Å²) in [6.07, 6.45) is 1.44. The van der Waals surface area contributed by atoms with Crippen molar-refractivity contribution in [3.8, 4) is 5.69 Å². The van der Waals surface area contributed by atoms with Crippen LogP contribution in [0.15, 0.2) is 58.8 Å². The third-order valence-corrected chi connectivity index (χ3v) is 4.90. The van der Waals surface area contributed by atoms with E-state index in [-0.39, 0.29) is 11.7 Å². The van der Waals surface area contributed by atoms with Crippen molar-refractivity contribution in [1.82, 2.24) is 25.6 Å². The fourth-order valence-electron chi connectivity index (χ4n) is 1.96. The predicted molar refractivity (Wildman–Crippen MR) is 102 cm³/mol. The largest absolute Gasteiger partial charge is 0.272 e. The molecule has 0 fully saturated rings. The number of hydrazone groups is 1. The summed E-state index contributed by atoms with van der Waals surface area (Å²) >= 11 is 13.2. The molecule has 2 aromatic carbocycles. The molecule has 26 heavy (non-hydrogen) atoms. The third-order valence-electron chi connectivity index (χ3n) is 3.15.